The molecule has 20 heavy (non-hydrogen) atoms. The van der Waals surface area contributed by atoms with E-state index in [1.807, 2.05) is 6.07 Å². The molecule has 4 heteroatoms. The molecule has 0 bridgehead atoms. The Hall–Kier alpha value is -2.88. The highest BCUT2D eigenvalue weighted by molar-refractivity contribution is 6.07. The van der Waals surface area contributed by atoms with Crippen LogP contribution in [-0.4, -0.2) is 11.8 Å². The average Bonchev–Trinajstić information content (AvgIpc) is 2.53. The van der Waals surface area contributed by atoms with Crippen LogP contribution in [0, 0.1) is 0 Å². The highest BCUT2D eigenvalue weighted by atomic mass is 16.7. The van der Waals surface area contributed by atoms with Gasteiger partial charge >= 0.3 is 5.97 Å². The lowest BCUT2D eigenvalue weighted by molar-refractivity contribution is 0.0321. The van der Waals surface area contributed by atoms with E-state index < -0.39 is 5.97 Å². The van der Waals surface area contributed by atoms with Crippen LogP contribution in [-0.2, 0) is 4.84 Å². The SMILES string of the molecule is C=C(NOC(=O)c1ccccc1)C(=O)c1ccccc1. The number of benzene rings is 2. The van der Waals surface area contributed by atoms with Crippen molar-refractivity contribution in [2.45, 2.75) is 0 Å². The first-order valence-electron chi connectivity index (χ1n) is 5.99. The van der Waals surface area contributed by atoms with Crippen molar-refractivity contribution in [3.63, 3.8) is 0 Å². The van der Waals surface area contributed by atoms with Crippen LogP contribution in [0.4, 0.5) is 0 Å². The van der Waals surface area contributed by atoms with Gasteiger partial charge in [-0.15, -0.1) is 0 Å². The van der Waals surface area contributed by atoms with Crippen molar-refractivity contribution in [1.82, 2.24) is 5.48 Å². The zero-order chi connectivity index (χ0) is 14.4. The summed E-state index contributed by atoms with van der Waals surface area (Å²) >= 11 is 0. The summed E-state index contributed by atoms with van der Waals surface area (Å²) in [5.41, 5.74) is 3.15. The van der Waals surface area contributed by atoms with Crippen LogP contribution in [0.15, 0.2) is 72.9 Å². The van der Waals surface area contributed by atoms with Gasteiger partial charge < -0.3 is 4.84 Å². The Bertz CT molecular complexity index is 621. The first-order chi connectivity index (χ1) is 9.68. The molecule has 2 aromatic carbocycles. The lowest BCUT2D eigenvalue weighted by Crippen LogP contribution is -2.23. The molecule has 0 aliphatic carbocycles. The van der Waals surface area contributed by atoms with Crippen LogP contribution in [0.5, 0.6) is 0 Å². The molecule has 0 saturated carbocycles. The van der Waals surface area contributed by atoms with Crippen molar-refractivity contribution in [1.29, 1.82) is 0 Å². The summed E-state index contributed by atoms with van der Waals surface area (Å²) in [5.74, 6) is -0.904. The minimum Gasteiger partial charge on any atom is -0.338 e. The van der Waals surface area contributed by atoms with Gasteiger partial charge in [0.05, 0.1) is 5.56 Å². The predicted molar refractivity (Wildman–Crippen MR) is 74.9 cm³/mol. The second-order valence-electron chi connectivity index (χ2n) is 4.03. The second-order valence-corrected chi connectivity index (χ2v) is 4.03. The van der Waals surface area contributed by atoms with E-state index in [2.05, 4.69) is 12.1 Å². The van der Waals surface area contributed by atoms with Crippen molar-refractivity contribution < 1.29 is 14.4 Å². The van der Waals surface area contributed by atoms with Crippen LogP contribution in [0.3, 0.4) is 0 Å². The molecular weight excluding hydrogens is 254 g/mol. The van der Waals surface area contributed by atoms with Crippen LogP contribution in [0.2, 0.25) is 0 Å². The molecule has 4 nitrogen and oxygen atoms in total. The first kappa shape index (κ1) is 13.5. The van der Waals surface area contributed by atoms with E-state index in [1.54, 1.807) is 54.6 Å². The number of hydrogen-bond acceptors (Lipinski definition) is 4. The third-order valence-electron chi connectivity index (χ3n) is 2.59. The van der Waals surface area contributed by atoms with Crippen molar-refractivity contribution >= 4 is 11.8 Å². The molecule has 0 heterocycles. The van der Waals surface area contributed by atoms with Gasteiger partial charge in [0.25, 0.3) is 0 Å². The third kappa shape index (κ3) is 3.32. The third-order valence-corrected chi connectivity index (χ3v) is 2.59. The highest BCUT2D eigenvalue weighted by Crippen LogP contribution is 2.05. The maximum absolute atomic E-state index is 11.9. The smallest absolute Gasteiger partial charge is 0.338 e. The van der Waals surface area contributed by atoms with Crippen molar-refractivity contribution in [3.8, 4) is 0 Å². The highest BCUT2D eigenvalue weighted by Gasteiger charge is 2.12. The minimum absolute atomic E-state index is 0.000445. The number of hydrogen-bond donors (Lipinski definition) is 1. The molecule has 0 aromatic heterocycles. The Kier molecular flexibility index (Phi) is 4.29. The molecule has 0 spiro atoms. The van der Waals surface area contributed by atoms with Crippen LogP contribution in [0.25, 0.3) is 0 Å². The van der Waals surface area contributed by atoms with E-state index in [0.29, 0.717) is 11.1 Å². The predicted octanol–water partition coefficient (Wildman–Crippen LogP) is 2.74. The van der Waals surface area contributed by atoms with E-state index in [-0.39, 0.29) is 11.5 Å². The van der Waals surface area contributed by atoms with Gasteiger partial charge in [0.15, 0.2) is 0 Å². The van der Waals surface area contributed by atoms with Crippen LogP contribution in [0.1, 0.15) is 20.7 Å². The fourth-order valence-electron chi connectivity index (χ4n) is 1.55. The number of allylic oxidation sites excluding steroid dienone is 1. The Morgan fingerprint density at radius 3 is 1.90 bits per heavy atom. The van der Waals surface area contributed by atoms with E-state index >= 15 is 0 Å². The number of nitrogens with one attached hydrogen (secondary N) is 1. The lowest BCUT2D eigenvalue weighted by atomic mass is 10.1. The van der Waals surface area contributed by atoms with Gasteiger partial charge in [0.1, 0.15) is 5.70 Å². The summed E-state index contributed by atoms with van der Waals surface area (Å²) in [7, 11) is 0. The quantitative estimate of drug-likeness (QED) is 0.514. The number of carbonyl (C=O) groups is 2. The molecule has 0 atom stereocenters. The first-order valence-corrected chi connectivity index (χ1v) is 5.99. The largest absolute Gasteiger partial charge is 0.362 e. The maximum atomic E-state index is 11.9. The molecular formula is C16H13NO3. The molecule has 100 valence electrons. The standard InChI is InChI=1S/C16H13NO3/c1-12(15(18)13-8-4-2-5-9-13)17-20-16(19)14-10-6-3-7-11-14/h2-11,17H,1H2. The van der Waals surface area contributed by atoms with Gasteiger partial charge in [-0.05, 0) is 12.1 Å². The zero-order valence-corrected chi connectivity index (χ0v) is 10.7. The molecule has 2 aromatic rings. The molecule has 0 unspecified atom stereocenters. The van der Waals surface area contributed by atoms with Gasteiger partial charge in [0.2, 0.25) is 5.78 Å². The van der Waals surface area contributed by atoms with E-state index in [1.165, 1.54) is 0 Å². The Labute approximate surface area is 116 Å². The minimum atomic E-state index is -0.576. The molecule has 0 fully saturated rings. The number of Topliss-reactive ketones (excluding diaryl/α,β-unsaturated/α-hetero) is 1. The van der Waals surface area contributed by atoms with E-state index in [0.717, 1.165) is 0 Å². The average molecular weight is 267 g/mol. The Balaban J connectivity index is 1.93. The lowest BCUT2D eigenvalue weighted by Gasteiger charge is -2.08. The fourth-order valence-corrected chi connectivity index (χ4v) is 1.55. The summed E-state index contributed by atoms with van der Waals surface area (Å²) in [6, 6.07) is 17.1. The van der Waals surface area contributed by atoms with Crippen LogP contribution < -0.4 is 5.48 Å². The van der Waals surface area contributed by atoms with Crippen molar-refractivity contribution in [2.75, 3.05) is 0 Å². The van der Waals surface area contributed by atoms with Gasteiger partial charge in [-0.3, -0.25) is 4.79 Å². The molecule has 0 saturated heterocycles. The molecule has 0 radical (unpaired) electrons. The number of carbonyl (C=O) groups excluding carboxylic acids is 2. The number of rotatable bonds is 5. The molecule has 0 aliphatic rings. The molecule has 1 N–H and O–H groups in total. The number of hydroxylamine groups is 1. The van der Waals surface area contributed by atoms with E-state index in [4.69, 9.17) is 4.84 Å². The van der Waals surface area contributed by atoms with Gasteiger partial charge in [-0.25, -0.2) is 10.3 Å². The van der Waals surface area contributed by atoms with Crippen molar-refractivity contribution in [2.24, 2.45) is 0 Å². The monoisotopic (exact) mass is 267 g/mol. The molecule has 0 aliphatic heterocycles. The maximum Gasteiger partial charge on any atom is 0.362 e. The summed E-state index contributed by atoms with van der Waals surface area (Å²) < 4.78 is 0. The summed E-state index contributed by atoms with van der Waals surface area (Å²) in [5, 5.41) is 0. The van der Waals surface area contributed by atoms with Crippen LogP contribution >= 0.6 is 0 Å². The zero-order valence-electron chi connectivity index (χ0n) is 10.7. The van der Waals surface area contributed by atoms with E-state index in [9.17, 15) is 9.59 Å². The fraction of sp³-hybridized carbons (Fsp3) is 0. The topological polar surface area (TPSA) is 55.4 Å². The molecule has 2 rings (SSSR count). The summed E-state index contributed by atoms with van der Waals surface area (Å²) in [6.45, 7) is 3.56. The summed E-state index contributed by atoms with van der Waals surface area (Å²) in [4.78, 5) is 28.4. The normalized spacial score (nSPS) is 9.60. The Morgan fingerprint density at radius 1 is 0.850 bits per heavy atom. The number of ketones is 1. The summed E-state index contributed by atoms with van der Waals surface area (Å²) in [6.07, 6.45) is 0. The Morgan fingerprint density at radius 2 is 1.35 bits per heavy atom. The second kappa shape index (κ2) is 6.33. The molecule has 0 amide bonds. The van der Waals surface area contributed by atoms with Gasteiger partial charge in [-0.1, -0.05) is 55.1 Å². The van der Waals surface area contributed by atoms with Gasteiger partial charge in [0, 0.05) is 5.56 Å². The van der Waals surface area contributed by atoms with Gasteiger partial charge in [-0.2, -0.15) is 0 Å². The van der Waals surface area contributed by atoms with Crippen molar-refractivity contribution in [3.05, 3.63) is 84.1 Å².